The molecule has 9 heteroatoms. The van der Waals surface area contributed by atoms with Crippen LogP contribution in [0.25, 0.3) is 16.9 Å². The number of nitrogens with one attached hydrogen (secondary N) is 1. The number of aryl methyl sites for hydroxylation is 1. The molecule has 4 rings (SSSR count). The number of hydrogen-bond donors (Lipinski definition) is 1. The van der Waals surface area contributed by atoms with Crippen LogP contribution in [0.2, 0.25) is 0 Å². The van der Waals surface area contributed by atoms with E-state index >= 15 is 0 Å². The van der Waals surface area contributed by atoms with E-state index in [1.165, 1.54) is 0 Å². The van der Waals surface area contributed by atoms with Crippen molar-refractivity contribution in [3.05, 3.63) is 41.6 Å². The summed E-state index contributed by atoms with van der Waals surface area (Å²) >= 11 is 1.58. The number of alkyl halides is 3. The number of imidazole rings is 1. The first-order valence-electron chi connectivity index (χ1n) is 12.4. The summed E-state index contributed by atoms with van der Waals surface area (Å²) in [5.41, 5.74) is 4.37. The molecule has 0 aliphatic heterocycles. The predicted octanol–water partition coefficient (Wildman–Crippen LogP) is 7.58. The van der Waals surface area contributed by atoms with Gasteiger partial charge in [0.05, 0.1) is 24.0 Å². The molecule has 0 radical (unpaired) electrons. The number of hydrogen-bond acceptors (Lipinski definition) is 5. The zero-order valence-corrected chi connectivity index (χ0v) is 22.0. The Morgan fingerprint density at radius 3 is 2.56 bits per heavy atom. The van der Waals surface area contributed by atoms with Gasteiger partial charge < -0.3 is 5.32 Å². The smallest absolute Gasteiger partial charge is 0.382 e. The zero-order chi connectivity index (χ0) is 26.1. The van der Waals surface area contributed by atoms with E-state index in [0.29, 0.717) is 28.7 Å². The number of ketones is 1. The summed E-state index contributed by atoms with van der Waals surface area (Å²) in [4.78, 5) is 17.1. The summed E-state index contributed by atoms with van der Waals surface area (Å²) in [5, 5.41) is 8.40. The summed E-state index contributed by atoms with van der Waals surface area (Å²) in [6.07, 6.45) is 0.341. The fraction of sp³-hybridized carbons (Fsp3) is 0.519. The van der Waals surface area contributed by atoms with Gasteiger partial charge in [0.2, 0.25) is 0 Å². The van der Waals surface area contributed by atoms with Gasteiger partial charge in [-0.3, -0.25) is 4.79 Å². The van der Waals surface area contributed by atoms with E-state index in [0.717, 1.165) is 47.4 Å². The number of thioether (sulfide) groups is 1. The molecule has 0 saturated heterocycles. The monoisotopic (exact) mass is 518 g/mol. The van der Waals surface area contributed by atoms with Crippen molar-refractivity contribution in [2.24, 2.45) is 11.3 Å². The first-order chi connectivity index (χ1) is 16.9. The van der Waals surface area contributed by atoms with Gasteiger partial charge in [-0.15, -0.1) is 11.8 Å². The maximum atomic E-state index is 12.8. The summed E-state index contributed by atoms with van der Waals surface area (Å²) in [6, 6.07) is 7.50. The Morgan fingerprint density at radius 2 is 1.92 bits per heavy atom. The second-order valence-corrected chi connectivity index (χ2v) is 11.9. The van der Waals surface area contributed by atoms with Gasteiger partial charge in [-0.1, -0.05) is 32.9 Å². The molecule has 2 aromatic heterocycles. The molecule has 1 aromatic carbocycles. The highest BCUT2D eigenvalue weighted by molar-refractivity contribution is 7.99. The van der Waals surface area contributed by atoms with Crippen LogP contribution in [0, 0.1) is 18.3 Å². The summed E-state index contributed by atoms with van der Waals surface area (Å²) in [6.45, 7) is 8.20. The SMILES string of the molecule is Cc1cc(-c2cnc3c(NCCC(F)(F)F)cc(SCCC(C)(C)C)nn23)ccc1C(=O)CC1CC1. The highest BCUT2D eigenvalue weighted by Crippen LogP contribution is 2.35. The van der Waals surface area contributed by atoms with Gasteiger partial charge in [-0.2, -0.15) is 18.3 Å². The third-order valence-corrected chi connectivity index (χ3v) is 7.17. The Hall–Kier alpha value is -2.55. The molecule has 3 aromatic rings. The lowest BCUT2D eigenvalue weighted by Crippen LogP contribution is -2.15. The number of nitrogens with zero attached hydrogens (tertiary/aromatic N) is 3. The summed E-state index contributed by atoms with van der Waals surface area (Å²) in [7, 11) is 0. The van der Waals surface area contributed by atoms with Crippen molar-refractivity contribution in [3.8, 4) is 11.3 Å². The molecule has 1 aliphatic rings. The van der Waals surface area contributed by atoms with Crippen LogP contribution in [0.3, 0.4) is 0 Å². The number of carbonyl (C=O) groups excluding carboxylic acids is 1. The highest BCUT2D eigenvalue weighted by Gasteiger charge is 2.27. The van der Waals surface area contributed by atoms with Gasteiger partial charge in [0.1, 0.15) is 5.03 Å². The Labute approximate surface area is 214 Å². The standard InChI is InChI=1S/C27H33F3N4OS/c1-17-13-19(7-8-20(17)23(35)14-18-5-6-18)22-16-32-25-21(31-11-9-27(28,29)30)15-24(33-34(22)25)36-12-10-26(2,3)4/h7-8,13,15-16,18,31H,5-6,9-12,14H2,1-4H3. The number of carbonyl (C=O) groups is 1. The van der Waals surface area contributed by atoms with E-state index in [1.54, 1.807) is 28.5 Å². The maximum absolute atomic E-state index is 12.8. The number of anilines is 1. The molecule has 5 nitrogen and oxygen atoms in total. The Morgan fingerprint density at radius 1 is 1.17 bits per heavy atom. The number of fused-ring (bicyclic) bond motifs is 1. The summed E-state index contributed by atoms with van der Waals surface area (Å²) < 4.78 is 40.0. The van der Waals surface area contributed by atoms with Gasteiger partial charge in [0, 0.05) is 29.8 Å². The van der Waals surface area contributed by atoms with E-state index in [4.69, 9.17) is 5.10 Å². The molecule has 194 valence electrons. The second-order valence-electron chi connectivity index (χ2n) is 10.8. The third kappa shape index (κ3) is 7.02. The molecule has 0 atom stereocenters. The van der Waals surface area contributed by atoms with E-state index in [9.17, 15) is 18.0 Å². The lowest BCUT2D eigenvalue weighted by atomic mass is 9.94. The average molecular weight is 519 g/mol. The topological polar surface area (TPSA) is 59.3 Å². The van der Waals surface area contributed by atoms with Crippen LogP contribution < -0.4 is 5.32 Å². The number of halogens is 3. The molecule has 0 unspecified atom stereocenters. The number of aromatic nitrogens is 3. The first kappa shape index (κ1) is 26.5. The van der Waals surface area contributed by atoms with E-state index in [-0.39, 0.29) is 17.7 Å². The largest absolute Gasteiger partial charge is 0.390 e. The molecule has 36 heavy (non-hydrogen) atoms. The number of rotatable bonds is 10. The van der Waals surface area contributed by atoms with Gasteiger partial charge in [-0.05, 0) is 55.2 Å². The highest BCUT2D eigenvalue weighted by atomic mass is 32.2. The van der Waals surface area contributed by atoms with E-state index in [1.807, 2.05) is 25.1 Å². The normalized spacial score (nSPS) is 14.4. The lowest BCUT2D eigenvalue weighted by Gasteiger charge is -2.17. The molecular formula is C27H33F3N4OS. The van der Waals surface area contributed by atoms with Gasteiger partial charge in [0.25, 0.3) is 0 Å². The van der Waals surface area contributed by atoms with Gasteiger partial charge in [0.15, 0.2) is 11.4 Å². The van der Waals surface area contributed by atoms with Crippen LogP contribution in [0.5, 0.6) is 0 Å². The maximum Gasteiger partial charge on any atom is 0.390 e. The minimum Gasteiger partial charge on any atom is -0.382 e. The van der Waals surface area contributed by atoms with Gasteiger partial charge in [-0.25, -0.2) is 9.50 Å². The van der Waals surface area contributed by atoms with Crippen LogP contribution >= 0.6 is 11.8 Å². The Balaban J connectivity index is 1.65. The number of Topliss-reactive ketones (excluding diaryl/α,β-unsaturated/α-hetero) is 1. The first-order valence-corrected chi connectivity index (χ1v) is 13.3. The quantitative estimate of drug-likeness (QED) is 0.221. The Kier molecular flexibility index (Phi) is 7.69. The third-order valence-electron chi connectivity index (χ3n) is 6.26. The number of benzene rings is 1. The van der Waals surface area contributed by atoms with Crippen molar-refractivity contribution in [3.63, 3.8) is 0 Å². The molecule has 1 fully saturated rings. The minimum absolute atomic E-state index is 0.168. The van der Waals surface area contributed by atoms with Crippen molar-refractivity contribution < 1.29 is 18.0 Å². The molecule has 2 heterocycles. The fourth-order valence-electron chi connectivity index (χ4n) is 3.97. The average Bonchev–Trinajstić information content (AvgIpc) is 3.47. The second kappa shape index (κ2) is 10.4. The Bertz CT molecular complexity index is 1240. The molecule has 1 saturated carbocycles. The predicted molar refractivity (Wildman–Crippen MR) is 139 cm³/mol. The van der Waals surface area contributed by atoms with Crippen LogP contribution in [0.4, 0.5) is 18.9 Å². The molecule has 0 amide bonds. The van der Waals surface area contributed by atoms with Crippen molar-refractivity contribution >= 4 is 28.9 Å². The lowest BCUT2D eigenvalue weighted by molar-refractivity contribution is -0.131. The molecule has 0 spiro atoms. The van der Waals surface area contributed by atoms with Crippen molar-refractivity contribution in [1.29, 1.82) is 0 Å². The van der Waals surface area contributed by atoms with E-state index < -0.39 is 12.6 Å². The minimum atomic E-state index is -4.24. The zero-order valence-electron chi connectivity index (χ0n) is 21.2. The van der Waals surface area contributed by atoms with Crippen LogP contribution in [-0.2, 0) is 0 Å². The van der Waals surface area contributed by atoms with Crippen LogP contribution in [0.15, 0.2) is 35.5 Å². The van der Waals surface area contributed by atoms with Crippen molar-refractivity contribution in [2.75, 3.05) is 17.6 Å². The van der Waals surface area contributed by atoms with Crippen LogP contribution in [-0.4, -0.2) is 38.9 Å². The molecule has 0 bridgehead atoms. The molecule has 1 N–H and O–H groups in total. The van der Waals surface area contributed by atoms with Gasteiger partial charge >= 0.3 is 6.18 Å². The van der Waals surface area contributed by atoms with E-state index in [2.05, 4.69) is 31.1 Å². The fourth-order valence-corrected chi connectivity index (χ4v) is 5.24. The molecule has 1 aliphatic carbocycles. The van der Waals surface area contributed by atoms with Crippen molar-refractivity contribution in [2.45, 2.75) is 71.0 Å². The molecular weight excluding hydrogens is 485 g/mol. The van der Waals surface area contributed by atoms with Crippen molar-refractivity contribution in [1.82, 2.24) is 14.6 Å². The summed E-state index contributed by atoms with van der Waals surface area (Å²) in [5.74, 6) is 1.54. The van der Waals surface area contributed by atoms with Crippen LogP contribution in [0.1, 0.15) is 68.8 Å².